The second-order valence-electron chi connectivity index (χ2n) is 4.80. The van der Waals surface area contributed by atoms with Crippen molar-refractivity contribution in [2.24, 2.45) is 5.92 Å². The molecule has 2 nitrogen and oxygen atoms in total. The Morgan fingerprint density at radius 2 is 2.25 bits per heavy atom. The molecule has 1 atom stereocenters. The first-order chi connectivity index (χ1) is 7.84. The van der Waals surface area contributed by atoms with Crippen LogP contribution in [-0.2, 0) is 6.54 Å². The van der Waals surface area contributed by atoms with Gasteiger partial charge in [-0.2, -0.15) is 11.3 Å². The first-order valence-electron chi connectivity index (χ1n) is 6.24. The number of nitrogens with one attached hydrogen (secondary N) is 1. The van der Waals surface area contributed by atoms with Crippen LogP contribution in [0.4, 0.5) is 0 Å². The Labute approximate surface area is 102 Å². The first-order valence-corrected chi connectivity index (χ1v) is 7.18. The number of hydrogen-bond donors (Lipinski definition) is 2. The van der Waals surface area contributed by atoms with Crippen LogP contribution in [0.25, 0.3) is 0 Å². The van der Waals surface area contributed by atoms with Gasteiger partial charge in [0.2, 0.25) is 0 Å². The highest BCUT2D eigenvalue weighted by Gasteiger charge is 2.18. The summed E-state index contributed by atoms with van der Waals surface area (Å²) in [7, 11) is 0. The van der Waals surface area contributed by atoms with Crippen molar-refractivity contribution in [1.29, 1.82) is 0 Å². The van der Waals surface area contributed by atoms with Crippen molar-refractivity contribution in [2.45, 2.75) is 44.8 Å². The van der Waals surface area contributed by atoms with Crippen molar-refractivity contribution >= 4 is 11.3 Å². The lowest BCUT2D eigenvalue weighted by Gasteiger charge is -2.15. The molecule has 0 aliphatic heterocycles. The molecule has 0 aromatic carbocycles. The van der Waals surface area contributed by atoms with Crippen LogP contribution >= 0.6 is 11.3 Å². The predicted octanol–water partition coefficient (Wildman–Crippen LogP) is 2.78. The maximum Gasteiger partial charge on any atom is 0.0667 e. The molecule has 2 N–H and O–H groups in total. The molecule has 1 aromatic heterocycles. The molecule has 1 saturated carbocycles. The quantitative estimate of drug-likeness (QED) is 0.800. The predicted molar refractivity (Wildman–Crippen MR) is 68.6 cm³/mol. The SMILES string of the molecule is OC(CNCc1ccsc1)CC1CCCC1. The van der Waals surface area contributed by atoms with E-state index in [2.05, 4.69) is 22.1 Å². The van der Waals surface area contributed by atoms with Crippen molar-refractivity contribution in [3.05, 3.63) is 22.4 Å². The van der Waals surface area contributed by atoms with Gasteiger partial charge in [0, 0.05) is 13.1 Å². The molecule has 0 spiro atoms. The highest BCUT2D eigenvalue weighted by molar-refractivity contribution is 7.07. The minimum Gasteiger partial charge on any atom is -0.392 e. The largest absolute Gasteiger partial charge is 0.392 e. The van der Waals surface area contributed by atoms with Gasteiger partial charge in [-0.3, -0.25) is 0 Å². The molecule has 90 valence electrons. The number of rotatable bonds is 6. The highest BCUT2D eigenvalue weighted by atomic mass is 32.1. The second-order valence-corrected chi connectivity index (χ2v) is 5.58. The standard InChI is InChI=1S/C13H21NOS/c15-13(7-11-3-1-2-4-11)9-14-8-12-5-6-16-10-12/h5-6,10-11,13-15H,1-4,7-9H2. The van der Waals surface area contributed by atoms with Crippen molar-refractivity contribution in [3.63, 3.8) is 0 Å². The average molecular weight is 239 g/mol. The van der Waals surface area contributed by atoms with E-state index in [0.29, 0.717) is 0 Å². The minimum absolute atomic E-state index is 0.165. The summed E-state index contributed by atoms with van der Waals surface area (Å²) >= 11 is 1.72. The Morgan fingerprint density at radius 1 is 1.44 bits per heavy atom. The minimum atomic E-state index is -0.165. The lowest BCUT2D eigenvalue weighted by atomic mass is 10.00. The van der Waals surface area contributed by atoms with Crippen LogP contribution in [0.1, 0.15) is 37.7 Å². The molecule has 0 saturated heterocycles. The number of aliphatic hydroxyl groups is 1. The van der Waals surface area contributed by atoms with E-state index in [-0.39, 0.29) is 6.10 Å². The Bertz CT molecular complexity index is 280. The van der Waals surface area contributed by atoms with Crippen LogP contribution in [0.15, 0.2) is 16.8 Å². The van der Waals surface area contributed by atoms with Crippen LogP contribution in [0.3, 0.4) is 0 Å². The van der Waals surface area contributed by atoms with Gasteiger partial charge in [0.1, 0.15) is 0 Å². The highest BCUT2D eigenvalue weighted by Crippen LogP contribution is 2.28. The van der Waals surface area contributed by atoms with Crippen LogP contribution in [0.5, 0.6) is 0 Å². The van der Waals surface area contributed by atoms with E-state index < -0.39 is 0 Å². The Kier molecular flexibility index (Phi) is 4.82. The third kappa shape index (κ3) is 3.89. The monoisotopic (exact) mass is 239 g/mol. The Hall–Kier alpha value is -0.380. The zero-order chi connectivity index (χ0) is 11.2. The molecule has 1 unspecified atom stereocenters. The molecular formula is C13H21NOS. The van der Waals surface area contributed by atoms with E-state index in [1.807, 2.05) is 0 Å². The van der Waals surface area contributed by atoms with Crippen LogP contribution in [-0.4, -0.2) is 17.8 Å². The fourth-order valence-corrected chi connectivity index (χ4v) is 3.16. The van der Waals surface area contributed by atoms with Gasteiger partial charge in [-0.15, -0.1) is 0 Å². The van der Waals surface area contributed by atoms with Crippen LogP contribution in [0.2, 0.25) is 0 Å². The van der Waals surface area contributed by atoms with E-state index in [1.54, 1.807) is 11.3 Å². The molecule has 1 heterocycles. The summed E-state index contributed by atoms with van der Waals surface area (Å²) < 4.78 is 0. The van der Waals surface area contributed by atoms with Gasteiger partial charge in [-0.25, -0.2) is 0 Å². The van der Waals surface area contributed by atoms with Gasteiger partial charge in [-0.1, -0.05) is 25.7 Å². The number of thiophene rings is 1. The van der Waals surface area contributed by atoms with E-state index in [4.69, 9.17) is 0 Å². The summed E-state index contributed by atoms with van der Waals surface area (Å²) in [6.45, 7) is 1.61. The molecule has 0 radical (unpaired) electrons. The Morgan fingerprint density at radius 3 is 2.94 bits per heavy atom. The molecular weight excluding hydrogens is 218 g/mol. The summed E-state index contributed by atoms with van der Waals surface area (Å²) in [6.07, 6.45) is 6.18. The van der Waals surface area contributed by atoms with Crippen LogP contribution in [0, 0.1) is 5.92 Å². The summed E-state index contributed by atoms with van der Waals surface area (Å²) in [4.78, 5) is 0. The number of hydrogen-bond acceptors (Lipinski definition) is 3. The van der Waals surface area contributed by atoms with Gasteiger partial charge < -0.3 is 10.4 Å². The van der Waals surface area contributed by atoms with Gasteiger partial charge in [0.25, 0.3) is 0 Å². The maximum atomic E-state index is 9.88. The first kappa shape index (κ1) is 12.1. The molecule has 1 aromatic rings. The normalized spacial score (nSPS) is 19.1. The van der Waals surface area contributed by atoms with Gasteiger partial charge in [-0.05, 0) is 34.7 Å². The van der Waals surface area contributed by atoms with E-state index >= 15 is 0 Å². The average Bonchev–Trinajstić information content (AvgIpc) is 2.90. The lowest BCUT2D eigenvalue weighted by molar-refractivity contribution is 0.140. The zero-order valence-electron chi connectivity index (χ0n) is 9.69. The van der Waals surface area contributed by atoms with Gasteiger partial charge in [0.05, 0.1) is 6.10 Å². The molecule has 2 rings (SSSR count). The smallest absolute Gasteiger partial charge is 0.0667 e. The number of aliphatic hydroxyl groups excluding tert-OH is 1. The van der Waals surface area contributed by atoms with E-state index in [1.165, 1.54) is 31.2 Å². The van der Waals surface area contributed by atoms with Crippen molar-refractivity contribution in [2.75, 3.05) is 6.54 Å². The fourth-order valence-electron chi connectivity index (χ4n) is 2.49. The maximum absolute atomic E-state index is 9.88. The van der Waals surface area contributed by atoms with Gasteiger partial charge in [0.15, 0.2) is 0 Å². The Balaban J connectivity index is 1.58. The molecule has 3 heteroatoms. The van der Waals surface area contributed by atoms with Crippen LogP contribution < -0.4 is 5.32 Å². The molecule has 16 heavy (non-hydrogen) atoms. The second kappa shape index (κ2) is 6.38. The topological polar surface area (TPSA) is 32.3 Å². The molecule has 1 aliphatic carbocycles. The molecule has 1 aliphatic rings. The van der Waals surface area contributed by atoms with Crippen molar-refractivity contribution < 1.29 is 5.11 Å². The van der Waals surface area contributed by atoms with Gasteiger partial charge >= 0.3 is 0 Å². The molecule has 0 amide bonds. The summed E-state index contributed by atoms with van der Waals surface area (Å²) in [6, 6.07) is 2.13. The summed E-state index contributed by atoms with van der Waals surface area (Å²) in [5, 5.41) is 17.4. The molecule has 0 bridgehead atoms. The fraction of sp³-hybridized carbons (Fsp3) is 0.692. The van der Waals surface area contributed by atoms with Crippen molar-refractivity contribution in [3.8, 4) is 0 Å². The third-order valence-electron chi connectivity index (χ3n) is 3.37. The summed E-state index contributed by atoms with van der Waals surface area (Å²) in [5.74, 6) is 0.776. The zero-order valence-corrected chi connectivity index (χ0v) is 10.5. The van der Waals surface area contributed by atoms with Crippen molar-refractivity contribution in [1.82, 2.24) is 5.32 Å². The van der Waals surface area contributed by atoms with E-state index in [9.17, 15) is 5.11 Å². The lowest BCUT2D eigenvalue weighted by Crippen LogP contribution is -2.27. The summed E-state index contributed by atoms with van der Waals surface area (Å²) in [5.41, 5.74) is 1.32. The molecule has 1 fully saturated rings. The van der Waals surface area contributed by atoms with E-state index in [0.717, 1.165) is 25.4 Å². The third-order valence-corrected chi connectivity index (χ3v) is 4.10.